The zero-order valence-electron chi connectivity index (χ0n) is 11.5. The average Bonchev–Trinajstić information content (AvgIpc) is 2.48. The Hall–Kier alpha value is -2.16. The molecule has 2 rings (SSSR count). The largest absolute Gasteiger partial charge is 0.477 e. The number of aromatic nitrogens is 1. The lowest BCUT2D eigenvalue weighted by Gasteiger charge is -2.01. The molecule has 0 aliphatic rings. The first kappa shape index (κ1) is 14.3. The van der Waals surface area contributed by atoms with Crippen LogP contribution in [0.1, 0.15) is 35.2 Å². The molecule has 1 aromatic carbocycles. The van der Waals surface area contributed by atoms with E-state index >= 15 is 0 Å². The highest BCUT2D eigenvalue weighted by Gasteiger charge is 2.08. The van der Waals surface area contributed by atoms with E-state index in [1.54, 1.807) is 18.3 Å². The molecule has 3 heteroatoms. The van der Waals surface area contributed by atoms with Gasteiger partial charge in [-0.2, -0.15) is 0 Å². The summed E-state index contributed by atoms with van der Waals surface area (Å²) < 4.78 is 1.95. The molecule has 0 unspecified atom stereocenters. The van der Waals surface area contributed by atoms with Crippen LogP contribution in [-0.4, -0.2) is 11.1 Å². The maximum absolute atomic E-state index is 10.9. The van der Waals surface area contributed by atoms with Gasteiger partial charge in [-0.3, -0.25) is 0 Å². The van der Waals surface area contributed by atoms with Gasteiger partial charge in [-0.1, -0.05) is 30.3 Å². The molecule has 104 valence electrons. The number of pyridine rings is 1. The minimum Gasteiger partial charge on any atom is -0.477 e. The first-order chi connectivity index (χ1) is 9.75. The molecule has 0 bridgehead atoms. The topological polar surface area (TPSA) is 41.2 Å². The van der Waals surface area contributed by atoms with Crippen LogP contribution in [0.25, 0.3) is 0 Å². The number of rotatable bonds is 7. The quantitative estimate of drug-likeness (QED) is 0.620. The molecule has 0 fully saturated rings. The monoisotopic (exact) mass is 270 g/mol. The molecule has 20 heavy (non-hydrogen) atoms. The SMILES string of the molecule is O=C(O)c1ccc[n+](CCCCCc2ccccc2)c1. The van der Waals surface area contributed by atoms with Crippen molar-refractivity contribution in [1.29, 1.82) is 0 Å². The van der Waals surface area contributed by atoms with Crippen molar-refractivity contribution in [3.63, 3.8) is 0 Å². The molecule has 0 aliphatic heterocycles. The van der Waals surface area contributed by atoms with E-state index in [-0.39, 0.29) is 0 Å². The number of carboxylic acids is 1. The number of hydrogen-bond acceptors (Lipinski definition) is 1. The maximum Gasteiger partial charge on any atom is 0.341 e. The van der Waals surface area contributed by atoms with Crippen LogP contribution in [-0.2, 0) is 13.0 Å². The number of aromatic carboxylic acids is 1. The summed E-state index contributed by atoms with van der Waals surface area (Å²) in [4.78, 5) is 10.9. The highest BCUT2D eigenvalue weighted by Crippen LogP contribution is 2.06. The third-order valence-electron chi connectivity index (χ3n) is 3.33. The van der Waals surface area contributed by atoms with Crippen LogP contribution < -0.4 is 4.57 Å². The Bertz CT molecular complexity index is 552. The Labute approximate surface area is 119 Å². The number of aryl methyl sites for hydroxylation is 2. The third-order valence-corrected chi connectivity index (χ3v) is 3.33. The van der Waals surface area contributed by atoms with Crippen LogP contribution in [0.15, 0.2) is 54.9 Å². The second kappa shape index (κ2) is 7.43. The van der Waals surface area contributed by atoms with E-state index in [1.807, 2.05) is 16.8 Å². The molecule has 2 aromatic rings. The van der Waals surface area contributed by atoms with E-state index in [1.165, 1.54) is 12.0 Å². The smallest absolute Gasteiger partial charge is 0.341 e. The molecule has 1 aromatic heterocycles. The van der Waals surface area contributed by atoms with Crippen molar-refractivity contribution in [3.05, 3.63) is 66.0 Å². The van der Waals surface area contributed by atoms with Gasteiger partial charge in [0.1, 0.15) is 12.1 Å². The normalized spacial score (nSPS) is 10.4. The summed E-state index contributed by atoms with van der Waals surface area (Å²) in [7, 11) is 0. The van der Waals surface area contributed by atoms with Crippen molar-refractivity contribution in [2.24, 2.45) is 0 Å². The maximum atomic E-state index is 10.9. The van der Waals surface area contributed by atoms with Crippen LogP contribution in [0.3, 0.4) is 0 Å². The minimum absolute atomic E-state index is 0.344. The molecule has 0 atom stereocenters. The first-order valence-electron chi connectivity index (χ1n) is 7.02. The molecule has 0 saturated heterocycles. The lowest BCUT2D eigenvalue weighted by molar-refractivity contribution is -0.697. The van der Waals surface area contributed by atoms with Gasteiger partial charge in [0.25, 0.3) is 0 Å². The number of carboxylic acid groups (broad SMARTS) is 1. The van der Waals surface area contributed by atoms with E-state index in [0.29, 0.717) is 5.56 Å². The second-order valence-electron chi connectivity index (χ2n) is 4.93. The summed E-state index contributed by atoms with van der Waals surface area (Å²) in [6, 6.07) is 13.9. The van der Waals surface area contributed by atoms with Crippen LogP contribution >= 0.6 is 0 Å². The number of unbranched alkanes of at least 4 members (excludes halogenated alkanes) is 2. The van der Waals surface area contributed by atoms with Gasteiger partial charge in [-0.15, -0.1) is 0 Å². The minimum atomic E-state index is -0.872. The molecular formula is C17H20NO2+. The fourth-order valence-electron chi connectivity index (χ4n) is 2.23. The van der Waals surface area contributed by atoms with Gasteiger partial charge in [-0.25, -0.2) is 9.36 Å². The summed E-state index contributed by atoms with van der Waals surface area (Å²) in [5.74, 6) is -0.872. The van der Waals surface area contributed by atoms with Gasteiger partial charge >= 0.3 is 5.97 Å². The first-order valence-corrected chi connectivity index (χ1v) is 7.02. The fraction of sp³-hybridized carbons (Fsp3) is 0.294. The molecule has 0 radical (unpaired) electrons. The summed E-state index contributed by atoms with van der Waals surface area (Å²) in [5.41, 5.74) is 1.73. The molecule has 0 aliphatic carbocycles. The van der Waals surface area contributed by atoms with E-state index < -0.39 is 5.97 Å². The van der Waals surface area contributed by atoms with Gasteiger partial charge in [0.15, 0.2) is 12.4 Å². The standard InChI is InChI=1S/C17H19NO2/c19-17(20)16-11-7-13-18(14-16)12-6-2-5-10-15-8-3-1-4-9-15/h1,3-4,7-9,11,13-14H,2,5-6,10,12H2/p+1. The highest BCUT2D eigenvalue weighted by atomic mass is 16.4. The number of hydrogen-bond donors (Lipinski definition) is 1. The van der Waals surface area contributed by atoms with Crippen molar-refractivity contribution in [1.82, 2.24) is 0 Å². The van der Waals surface area contributed by atoms with E-state index in [2.05, 4.69) is 24.3 Å². The predicted molar refractivity (Wildman–Crippen MR) is 77.6 cm³/mol. The van der Waals surface area contributed by atoms with E-state index in [9.17, 15) is 4.79 Å². The van der Waals surface area contributed by atoms with Crippen molar-refractivity contribution in [2.45, 2.75) is 32.2 Å². The highest BCUT2D eigenvalue weighted by molar-refractivity contribution is 5.86. The molecule has 3 nitrogen and oxygen atoms in total. The summed E-state index contributed by atoms with van der Waals surface area (Å²) in [6.45, 7) is 0.871. The van der Waals surface area contributed by atoms with Gasteiger partial charge < -0.3 is 5.11 Å². The van der Waals surface area contributed by atoms with Crippen molar-refractivity contribution >= 4 is 5.97 Å². The lowest BCUT2D eigenvalue weighted by Crippen LogP contribution is -2.33. The average molecular weight is 270 g/mol. The zero-order valence-corrected chi connectivity index (χ0v) is 11.5. The lowest BCUT2D eigenvalue weighted by atomic mass is 10.1. The van der Waals surface area contributed by atoms with Crippen molar-refractivity contribution in [2.75, 3.05) is 0 Å². The van der Waals surface area contributed by atoms with Crippen LogP contribution in [0.4, 0.5) is 0 Å². The summed E-state index contributed by atoms with van der Waals surface area (Å²) in [5, 5.41) is 8.93. The Balaban J connectivity index is 1.71. The van der Waals surface area contributed by atoms with Gasteiger partial charge in [0.2, 0.25) is 0 Å². The molecular weight excluding hydrogens is 250 g/mol. The van der Waals surface area contributed by atoms with Crippen LogP contribution in [0.2, 0.25) is 0 Å². The van der Waals surface area contributed by atoms with E-state index in [0.717, 1.165) is 25.8 Å². The van der Waals surface area contributed by atoms with Gasteiger partial charge in [0.05, 0.1) is 0 Å². The number of carbonyl (C=O) groups is 1. The van der Waals surface area contributed by atoms with E-state index in [4.69, 9.17) is 5.11 Å². The second-order valence-corrected chi connectivity index (χ2v) is 4.93. The number of nitrogens with zero attached hydrogens (tertiary/aromatic N) is 1. The summed E-state index contributed by atoms with van der Waals surface area (Å²) in [6.07, 6.45) is 8.12. The molecule has 1 heterocycles. The predicted octanol–water partition coefficient (Wildman–Crippen LogP) is 3.09. The van der Waals surface area contributed by atoms with Crippen molar-refractivity contribution < 1.29 is 14.5 Å². The molecule has 1 N–H and O–H groups in total. The Kier molecular flexibility index (Phi) is 5.30. The van der Waals surface area contributed by atoms with Gasteiger partial charge in [0, 0.05) is 12.5 Å². The Morgan fingerprint density at radius 1 is 1.00 bits per heavy atom. The zero-order chi connectivity index (χ0) is 14.2. The van der Waals surface area contributed by atoms with Gasteiger partial charge in [-0.05, 0) is 30.9 Å². The number of benzene rings is 1. The van der Waals surface area contributed by atoms with Crippen LogP contribution in [0, 0.1) is 0 Å². The molecule has 0 spiro atoms. The Morgan fingerprint density at radius 3 is 2.55 bits per heavy atom. The summed E-state index contributed by atoms with van der Waals surface area (Å²) >= 11 is 0. The third kappa shape index (κ3) is 4.50. The van der Waals surface area contributed by atoms with Crippen LogP contribution in [0.5, 0.6) is 0 Å². The fourth-order valence-corrected chi connectivity index (χ4v) is 2.23. The van der Waals surface area contributed by atoms with Crippen molar-refractivity contribution in [3.8, 4) is 0 Å². The molecule has 0 amide bonds. The Morgan fingerprint density at radius 2 is 1.80 bits per heavy atom. The molecule has 0 saturated carbocycles.